The SMILES string of the molecule is C[C@]12CC[C@H](I)CC1CCC1C2CC[C@]2(C)C(O)CCC12. The van der Waals surface area contributed by atoms with E-state index in [-0.39, 0.29) is 11.5 Å². The Morgan fingerprint density at radius 2 is 1.57 bits per heavy atom. The lowest BCUT2D eigenvalue weighted by Crippen LogP contribution is -2.54. The van der Waals surface area contributed by atoms with E-state index in [9.17, 15) is 5.11 Å². The van der Waals surface area contributed by atoms with E-state index in [4.69, 9.17) is 0 Å². The first kappa shape index (κ1) is 15.2. The molecular weight excluding hydrogens is 371 g/mol. The van der Waals surface area contributed by atoms with Gasteiger partial charge >= 0.3 is 0 Å². The highest BCUT2D eigenvalue weighted by Gasteiger charge is 2.59. The van der Waals surface area contributed by atoms with Crippen molar-refractivity contribution in [3.05, 3.63) is 0 Å². The maximum atomic E-state index is 10.5. The van der Waals surface area contributed by atoms with Crippen LogP contribution in [0.1, 0.15) is 71.6 Å². The number of hydrogen-bond acceptors (Lipinski definition) is 1. The highest BCUT2D eigenvalue weighted by molar-refractivity contribution is 14.1. The van der Waals surface area contributed by atoms with Crippen LogP contribution in [0.5, 0.6) is 0 Å². The fourth-order valence-electron chi connectivity index (χ4n) is 7.18. The van der Waals surface area contributed by atoms with Gasteiger partial charge in [0.25, 0.3) is 0 Å². The molecule has 0 bridgehead atoms. The van der Waals surface area contributed by atoms with Crippen LogP contribution >= 0.6 is 22.6 Å². The highest BCUT2D eigenvalue weighted by atomic mass is 127. The van der Waals surface area contributed by atoms with Crippen molar-refractivity contribution in [2.45, 2.75) is 81.7 Å². The smallest absolute Gasteiger partial charge is 0.0596 e. The van der Waals surface area contributed by atoms with Crippen molar-refractivity contribution in [3.63, 3.8) is 0 Å². The molecule has 0 aromatic heterocycles. The Morgan fingerprint density at radius 3 is 2.38 bits per heavy atom. The average molecular weight is 402 g/mol. The molecule has 0 aliphatic heterocycles. The maximum absolute atomic E-state index is 10.5. The molecular formula is C19H31IO. The summed E-state index contributed by atoms with van der Waals surface area (Å²) in [6, 6.07) is 0. The van der Waals surface area contributed by atoms with Crippen molar-refractivity contribution in [1.82, 2.24) is 0 Å². The van der Waals surface area contributed by atoms with Gasteiger partial charge in [-0.2, -0.15) is 0 Å². The third kappa shape index (κ3) is 2.10. The van der Waals surface area contributed by atoms with Crippen molar-refractivity contribution in [1.29, 1.82) is 0 Å². The number of halogens is 1. The van der Waals surface area contributed by atoms with E-state index in [0.29, 0.717) is 5.41 Å². The molecule has 21 heavy (non-hydrogen) atoms. The summed E-state index contributed by atoms with van der Waals surface area (Å²) < 4.78 is 0.930. The summed E-state index contributed by atoms with van der Waals surface area (Å²) in [4.78, 5) is 0. The highest BCUT2D eigenvalue weighted by Crippen LogP contribution is 2.66. The van der Waals surface area contributed by atoms with E-state index in [1.165, 1.54) is 51.4 Å². The zero-order valence-electron chi connectivity index (χ0n) is 13.7. The first-order chi connectivity index (χ1) is 9.95. The lowest BCUT2D eigenvalue weighted by atomic mass is 9.45. The number of rotatable bonds is 0. The molecule has 0 amide bonds. The summed E-state index contributed by atoms with van der Waals surface area (Å²) in [5, 5.41) is 10.5. The topological polar surface area (TPSA) is 20.2 Å². The first-order valence-electron chi connectivity index (χ1n) is 9.27. The van der Waals surface area contributed by atoms with Crippen LogP contribution in [0.25, 0.3) is 0 Å². The molecule has 120 valence electrons. The Bertz CT molecular complexity index is 424. The molecule has 0 aromatic carbocycles. The molecule has 1 nitrogen and oxygen atoms in total. The number of aliphatic hydroxyl groups is 1. The molecule has 0 spiro atoms. The number of aliphatic hydroxyl groups excluding tert-OH is 1. The summed E-state index contributed by atoms with van der Waals surface area (Å²) in [5.41, 5.74) is 0.879. The van der Waals surface area contributed by atoms with Crippen LogP contribution in [0.4, 0.5) is 0 Å². The minimum atomic E-state index is -0.0148. The van der Waals surface area contributed by atoms with E-state index in [2.05, 4.69) is 36.4 Å². The zero-order chi connectivity index (χ0) is 14.8. The molecule has 0 saturated heterocycles. The molecule has 4 rings (SSSR count). The zero-order valence-corrected chi connectivity index (χ0v) is 15.8. The lowest BCUT2D eigenvalue weighted by Gasteiger charge is -2.60. The molecule has 0 radical (unpaired) electrons. The summed E-state index contributed by atoms with van der Waals surface area (Å²) >= 11 is 2.70. The standard InChI is InChI=1S/C19H31IO/c1-18-9-7-13(20)11-12(18)3-4-14-15-5-6-17(21)19(15,2)10-8-16(14)18/h12-17,21H,3-11H2,1-2H3/t12?,13-,14?,15?,16?,17?,18-,19-/m0/s1. The van der Waals surface area contributed by atoms with Crippen molar-refractivity contribution in [3.8, 4) is 0 Å². The van der Waals surface area contributed by atoms with Crippen LogP contribution in [0, 0.1) is 34.5 Å². The number of fused-ring (bicyclic) bond motifs is 5. The molecule has 4 saturated carbocycles. The summed E-state index contributed by atoms with van der Waals surface area (Å²) in [5.74, 6) is 3.70. The lowest BCUT2D eigenvalue weighted by molar-refractivity contribution is -0.119. The van der Waals surface area contributed by atoms with Gasteiger partial charge in [-0.3, -0.25) is 0 Å². The second-order valence-corrected chi connectivity index (χ2v) is 10.9. The summed E-state index contributed by atoms with van der Waals surface area (Å²) in [6.07, 6.45) is 12.4. The van der Waals surface area contributed by atoms with E-state index >= 15 is 0 Å². The second kappa shape index (κ2) is 5.09. The molecule has 2 heteroatoms. The molecule has 1 N–H and O–H groups in total. The Kier molecular flexibility index (Phi) is 3.69. The van der Waals surface area contributed by atoms with E-state index in [1.54, 1.807) is 0 Å². The maximum Gasteiger partial charge on any atom is 0.0596 e. The monoisotopic (exact) mass is 402 g/mol. The summed E-state index contributed by atoms with van der Waals surface area (Å²) in [7, 11) is 0. The van der Waals surface area contributed by atoms with Gasteiger partial charge in [0.2, 0.25) is 0 Å². The number of alkyl halides is 1. The summed E-state index contributed by atoms with van der Waals surface area (Å²) in [6.45, 7) is 5.05. The van der Waals surface area contributed by atoms with Crippen LogP contribution in [0.2, 0.25) is 0 Å². The second-order valence-electron chi connectivity index (χ2n) is 9.17. The van der Waals surface area contributed by atoms with Crippen LogP contribution < -0.4 is 0 Å². The van der Waals surface area contributed by atoms with Crippen LogP contribution in [-0.2, 0) is 0 Å². The predicted molar refractivity (Wildman–Crippen MR) is 95.5 cm³/mol. The molecule has 8 atom stereocenters. The first-order valence-corrected chi connectivity index (χ1v) is 10.5. The quantitative estimate of drug-likeness (QED) is 0.437. The molecule has 4 aliphatic carbocycles. The van der Waals surface area contributed by atoms with Gasteiger partial charge < -0.3 is 5.11 Å². The molecule has 0 heterocycles. The fraction of sp³-hybridized carbons (Fsp3) is 1.00. The van der Waals surface area contributed by atoms with E-state index in [1.807, 2.05) is 0 Å². The normalized spacial score (nSPS) is 60.0. The minimum Gasteiger partial charge on any atom is -0.393 e. The fourth-order valence-corrected chi connectivity index (χ4v) is 8.10. The van der Waals surface area contributed by atoms with Crippen molar-refractivity contribution >= 4 is 22.6 Å². The molecule has 5 unspecified atom stereocenters. The van der Waals surface area contributed by atoms with Crippen LogP contribution in [0.15, 0.2) is 0 Å². The Balaban J connectivity index is 1.62. The predicted octanol–water partition coefficient (Wildman–Crippen LogP) is 5.19. The van der Waals surface area contributed by atoms with Gasteiger partial charge in [0, 0.05) is 3.92 Å². The average Bonchev–Trinajstić information content (AvgIpc) is 2.76. The van der Waals surface area contributed by atoms with Gasteiger partial charge in [0.1, 0.15) is 0 Å². The van der Waals surface area contributed by atoms with Gasteiger partial charge in [-0.15, -0.1) is 0 Å². The van der Waals surface area contributed by atoms with Crippen molar-refractivity contribution in [2.24, 2.45) is 34.5 Å². The third-order valence-corrected chi connectivity index (χ3v) is 9.68. The van der Waals surface area contributed by atoms with Crippen molar-refractivity contribution < 1.29 is 5.11 Å². The Morgan fingerprint density at radius 1 is 0.857 bits per heavy atom. The molecule has 4 aliphatic rings. The van der Waals surface area contributed by atoms with Crippen LogP contribution in [0.3, 0.4) is 0 Å². The van der Waals surface area contributed by atoms with Crippen LogP contribution in [-0.4, -0.2) is 15.1 Å². The largest absolute Gasteiger partial charge is 0.393 e. The van der Waals surface area contributed by atoms with Gasteiger partial charge in [-0.1, -0.05) is 36.4 Å². The Hall–Kier alpha value is 0.690. The van der Waals surface area contributed by atoms with Gasteiger partial charge in [0.15, 0.2) is 0 Å². The Labute approximate surface area is 143 Å². The molecule has 4 fully saturated rings. The molecule has 0 aromatic rings. The number of hydrogen-bond donors (Lipinski definition) is 1. The van der Waals surface area contributed by atoms with Gasteiger partial charge in [-0.25, -0.2) is 0 Å². The van der Waals surface area contributed by atoms with E-state index < -0.39 is 0 Å². The minimum absolute atomic E-state index is 0.0148. The van der Waals surface area contributed by atoms with Gasteiger partial charge in [-0.05, 0) is 92.3 Å². The third-order valence-electron chi connectivity index (χ3n) is 8.55. The van der Waals surface area contributed by atoms with E-state index in [0.717, 1.165) is 34.0 Å². The van der Waals surface area contributed by atoms with Crippen molar-refractivity contribution in [2.75, 3.05) is 0 Å². The van der Waals surface area contributed by atoms with Gasteiger partial charge in [0.05, 0.1) is 6.10 Å².